The molecule has 1 N–H and O–H groups in total. The lowest BCUT2D eigenvalue weighted by molar-refractivity contribution is 0.0147. The van der Waals surface area contributed by atoms with Gasteiger partial charge in [0.05, 0.1) is 0 Å². The van der Waals surface area contributed by atoms with E-state index >= 15 is 0 Å². The number of piperazine rings is 1. The number of rotatable bonds is 3. The van der Waals surface area contributed by atoms with Crippen molar-refractivity contribution in [3.05, 3.63) is 24.0 Å². The van der Waals surface area contributed by atoms with Gasteiger partial charge in [-0.15, -0.1) is 0 Å². The van der Waals surface area contributed by atoms with Gasteiger partial charge in [-0.3, -0.25) is 4.90 Å². The van der Waals surface area contributed by atoms with Crippen LogP contribution in [0.15, 0.2) is 18.3 Å². The molecule has 2 rings (SSSR count). The molecular formula is C11H17F2N3. The monoisotopic (exact) mass is 229 g/mol. The van der Waals surface area contributed by atoms with Crippen LogP contribution in [0.5, 0.6) is 0 Å². The summed E-state index contributed by atoms with van der Waals surface area (Å²) in [4.78, 5) is 1.86. The highest BCUT2D eigenvalue weighted by Gasteiger charge is 2.31. The molecule has 1 saturated heterocycles. The van der Waals surface area contributed by atoms with Gasteiger partial charge in [-0.05, 0) is 12.1 Å². The minimum atomic E-state index is -2.34. The smallest absolute Gasteiger partial charge is 0.259 e. The topological polar surface area (TPSA) is 20.2 Å². The fourth-order valence-electron chi connectivity index (χ4n) is 2.22. The first kappa shape index (κ1) is 11.5. The molecule has 1 fully saturated rings. The number of alkyl halides is 2. The molecule has 0 radical (unpaired) electrons. The molecule has 3 nitrogen and oxygen atoms in total. The van der Waals surface area contributed by atoms with Gasteiger partial charge < -0.3 is 9.88 Å². The van der Waals surface area contributed by atoms with Crippen molar-refractivity contribution in [2.45, 2.75) is 12.5 Å². The summed E-state index contributed by atoms with van der Waals surface area (Å²) >= 11 is 0. The molecule has 1 aliphatic rings. The molecule has 1 aromatic heterocycles. The number of hydrogen-bond acceptors (Lipinski definition) is 2. The fraction of sp³-hybridized carbons (Fsp3) is 0.636. The Hall–Kier alpha value is -0.940. The molecule has 0 amide bonds. The largest absolute Gasteiger partial charge is 0.353 e. The van der Waals surface area contributed by atoms with Crippen molar-refractivity contribution in [2.24, 2.45) is 7.05 Å². The number of nitrogens with zero attached hydrogens (tertiary/aromatic N) is 2. The third-order valence-corrected chi connectivity index (χ3v) is 3.07. The third-order valence-electron chi connectivity index (χ3n) is 3.07. The van der Waals surface area contributed by atoms with Gasteiger partial charge in [-0.25, -0.2) is 8.78 Å². The Kier molecular flexibility index (Phi) is 3.56. The number of nitrogens with one attached hydrogen (secondary N) is 1. The van der Waals surface area contributed by atoms with E-state index in [1.54, 1.807) is 10.6 Å². The molecule has 5 heteroatoms. The van der Waals surface area contributed by atoms with Gasteiger partial charge in [-0.1, -0.05) is 0 Å². The van der Waals surface area contributed by atoms with Crippen LogP contribution < -0.4 is 5.32 Å². The molecule has 0 unspecified atom stereocenters. The first-order valence-electron chi connectivity index (χ1n) is 5.54. The van der Waals surface area contributed by atoms with Crippen molar-refractivity contribution in [1.29, 1.82) is 0 Å². The summed E-state index contributed by atoms with van der Waals surface area (Å²) < 4.78 is 28.1. The maximum Gasteiger partial charge on any atom is 0.259 e. The lowest BCUT2D eigenvalue weighted by atomic mass is 10.1. The van der Waals surface area contributed by atoms with Crippen molar-refractivity contribution >= 4 is 0 Å². The average molecular weight is 229 g/mol. The van der Waals surface area contributed by atoms with Crippen LogP contribution in [-0.2, 0) is 7.05 Å². The Labute approximate surface area is 94.0 Å². The number of hydrogen-bond donors (Lipinski definition) is 1. The Bertz CT molecular complexity index is 332. The molecule has 0 bridgehead atoms. The first-order valence-corrected chi connectivity index (χ1v) is 5.54. The summed E-state index contributed by atoms with van der Waals surface area (Å²) in [5, 5.41) is 3.18. The van der Waals surface area contributed by atoms with Crippen molar-refractivity contribution in [3.8, 4) is 0 Å². The maximum atomic E-state index is 13.2. The summed E-state index contributed by atoms with van der Waals surface area (Å²) in [7, 11) is 1.81. The van der Waals surface area contributed by atoms with Crippen molar-refractivity contribution in [2.75, 3.05) is 26.2 Å². The van der Waals surface area contributed by atoms with E-state index in [9.17, 15) is 8.78 Å². The number of aromatic nitrogens is 1. The molecular weight excluding hydrogens is 212 g/mol. The van der Waals surface area contributed by atoms with E-state index in [4.69, 9.17) is 0 Å². The minimum Gasteiger partial charge on any atom is -0.353 e. The molecule has 0 saturated carbocycles. The zero-order chi connectivity index (χ0) is 11.5. The Balaban J connectivity index is 2.19. The van der Waals surface area contributed by atoms with Gasteiger partial charge in [0.25, 0.3) is 6.43 Å². The average Bonchev–Trinajstić information content (AvgIpc) is 2.66. The van der Waals surface area contributed by atoms with Crippen molar-refractivity contribution in [3.63, 3.8) is 0 Å². The summed E-state index contributed by atoms with van der Waals surface area (Å²) in [6.45, 7) is 2.93. The molecule has 90 valence electrons. The van der Waals surface area contributed by atoms with Crippen LogP contribution in [0, 0.1) is 0 Å². The first-order chi connectivity index (χ1) is 7.70. The quantitative estimate of drug-likeness (QED) is 0.841. The van der Waals surface area contributed by atoms with Crippen LogP contribution >= 0.6 is 0 Å². The fourth-order valence-corrected chi connectivity index (χ4v) is 2.22. The Morgan fingerprint density at radius 1 is 1.31 bits per heavy atom. The van der Waals surface area contributed by atoms with Crippen LogP contribution in [0.1, 0.15) is 11.7 Å². The lowest BCUT2D eigenvalue weighted by Crippen LogP contribution is -2.47. The van der Waals surface area contributed by atoms with E-state index in [2.05, 4.69) is 5.32 Å². The predicted octanol–water partition coefficient (Wildman–Crippen LogP) is 1.24. The van der Waals surface area contributed by atoms with Crippen LogP contribution in [0.25, 0.3) is 0 Å². The molecule has 1 aliphatic heterocycles. The van der Waals surface area contributed by atoms with E-state index < -0.39 is 12.5 Å². The standard InChI is InChI=1S/C11H17F2N3/c1-15-6-2-3-9(15)10(11(12)13)16-7-4-14-5-8-16/h2-3,6,10-11,14H,4-5,7-8H2,1H3/t10-/m0/s1. The summed E-state index contributed by atoms with van der Waals surface area (Å²) in [5.74, 6) is 0. The lowest BCUT2D eigenvalue weighted by Gasteiger charge is -2.34. The zero-order valence-corrected chi connectivity index (χ0v) is 9.37. The normalized spacial score (nSPS) is 20.2. The maximum absolute atomic E-state index is 13.2. The van der Waals surface area contributed by atoms with Crippen molar-refractivity contribution in [1.82, 2.24) is 14.8 Å². The zero-order valence-electron chi connectivity index (χ0n) is 9.37. The van der Waals surface area contributed by atoms with Gasteiger partial charge in [0.1, 0.15) is 6.04 Å². The van der Waals surface area contributed by atoms with E-state index in [-0.39, 0.29) is 0 Å². The highest BCUT2D eigenvalue weighted by Crippen LogP contribution is 2.27. The van der Waals surface area contributed by atoms with Gasteiger partial charge >= 0.3 is 0 Å². The van der Waals surface area contributed by atoms with Crippen LogP contribution in [0.4, 0.5) is 8.78 Å². The summed E-state index contributed by atoms with van der Waals surface area (Å²) in [5.41, 5.74) is 0.692. The number of halogens is 2. The second-order valence-corrected chi connectivity index (χ2v) is 4.11. The van der Waals surface area contributed by atoms with E-state index in [1.165, 1.54) is 0 Å². The minimum absolute atomic E-state index is 0.681. The molecule has 0 aromatic carbocycles. The Morgan fingerprint density at radius 3 is 2.50 bits per heavy atom. The highest BCUT2D eigenvalue weighted by molar-refractivity contribution is 5.13. The van der Waals surface area contributed by atoms with Crippen molar-refractivity contribution < 1.29 is 8.78 Å². The van der Waals surface area contributed by atoms with E-state index in [1.807, 2.05) is 24.2 Å². The summed E-state index contributed by atoms with van der Waals surface area (Å²) in [6, 6.07) is 2.81. The highest BCUT2D eigenvalue weighted by atomic mass is 19.3. The predicted molar refractivity (Wildman–Crippen MR) is 58.6 cm³/mol. The molecule has 1 atom stereocenters. The van der Waals surface area contributed by atoms with Gasteiger partial charge in [0.15, 0.2) is 0 Å². The SMILES string of the molecule is Cn1cccc1[C@@H](C(F)F)N1CCNCC1. The number of aryl methyl sites for hydroxylation is 1. The summed E-state index contributed by atoms with van der Waals surface area (Å²) in [6.07, 6.45) is -0.529. The van der Waals surface area contributed by atoms with Crippen LogP contribution in [0.2, 0.25) is 0 Å². The molecule has 1 aromatic rings. The third kappa shape index (κ3) is 2.25. The molecule has 0 aliphatic carbocycles. The molecule has 2 heterocycles. The molecule has 16 heavy (non-hydrogen) atoms. The van der Waals surface area contributed by atoms with Crippen LogP contribution in [0.3, 0.4) is 0 Å². The second-order valence-electron chi connectivity index (χ2n) is 4.11. The van der Waals surface area contributed by atoms with Gasteiger partial charge in [0, 0.05) is 45.1 Å². The van der Waals surface area contributed by atoms with Gasteiger partial charge in [0.2, 0.25) is 0 Å². The van der Waals surface area contributed by atoms with E-state index in [0.717, 1.165) is 13.1 Å². The van der Waals surface area contributed by atoms with Crippen LogP contribution in [-0.4, -0.2) is 42.1 Å². The van der Waals surface area contributed by atoms with E-state index in [0.29, 0.717) is 18.8 Å². The Morgan fingerprint density at radius 2 is 2.00 bits per heavy atom. The second kappa shape index (κ2) is 4.93. The molecule has 0 spiro atoms. The van der Waals surface area contributed by atoms with Gasteiger partial charge in [-0.2, -0.15) is 0 Å².